The highest BCUT2D eigenvalue weighted by Gasteiger charge is 1.86. The number of hydrogen-bond donors (Lipinski definition) is 1. The van der Waals surface area contributed by atoms with Gasteiger partial charge in [-0.25, -0.2) is 0 Å². The SMILES string of the molecule is CSCCNCC(C)=CCl. The predicted octanol–water partition coefficient (Wildman–Crippen LogP) is 2.08. The quantitative estimate of drug-likeness (QED) is 0.649. The Morgan fingerprint density at radius 3 is 2.90 bits per heavy atom. The largest absolute Gasteiger partial charge is 0.312 e. The lowest BCUT2D eigenvalue weighted by atomic mass is 10.3. The van der Waals surface area contributed by atoms with E-state index >= 15 is 0 Å². The summed E-state index contributed by atoms with van der Waals surface area (Å²) in [5, 5.41) is 3.26. The molecular weight excluding hydrogens is 166 g/mol. The first-order valence-electron chi connectivity index (χ1n) is 3.26. The van der Waals surface area contributed by atoms with Crippen molar-refractivity contribution in [3.8, 4) is 0 Å². The van der Waals surface area contributed by atoms with Crippen LogP contribution in [0, 0.1) is 0 Å². The first-order valence-corrected chi connectivity index (χ1v) is 5.09. The van der Waals surface area contributed by atoms with Gasteiger partial charge in [0.05, 0.1) is 0 Å². The van der Waals surface area contributed by atoms with Gasteiger partial charge in [-0.3, -0.25) is 0 Å². The van der Waals surface area contributed by atoms with Gasteiger partial charge in [-0.1, -0.05) is 11.6 Å². The molecule has 0 heterocycles. The van der Waals surface area contributed by atoms with E-state index in [1.165, 1.54) is 5.57 Å². The van der Waals surface area contributed by atoms with E-state index in [0.29, 0.717) is 0 Å². The molecule has 10 heavy (non-hydrogen) atoms. The van der Waals surface area contributed by atoms with Crippen molar-refractivity contribution >= 4 is 23.4 Å². The zero-order valence-corrected chi connectivity index (χ0v) is 8.06. The van der Waals surface area contributed by atoms with Gasteiger partial charge in [-0.2, -0.15) is 11.8 Å². The Morgan fingerprint density at radius 2 is 2.40 bits per heavy atom. The highest BCUT2D eigenvalue weighted by molar-refractivity contribution is 7.98. The lowest BCUT2D eigenvalue weighted by Crippen LogP contribution is -2.18. The summed E-state index contributed by atoms with van der Waals surface area (Å²) in [6.45, 7) is 3.98. The Bertz CT molecular complexity index is 104. The molecule has 60 valence electrons. The van der Waals surface area contributed by atoms with E-state index in [9.17, 15) is 0 Å². The fourth-order valence-corrected chi connectivity index (χ4v) is 0.924. The van der Waals surface area contributed by atoms with Crippen LogP contribution in [0.15, 0.2) is 11.1 Å². The first kappa shape index (κ1) is 10.3. The van der Waals surface area contributed by atoms with Crippen LogP contribution in [0.4, 0.5) is 0 Å². The molecule has 3 heteroatoms. The fourth-order valence-electron chi connectivity index (χ4n) is 0.498. The maximum Gasteiger partial charge on any atom is 0.0173 e. The molecular formula is C7H14ClNS. The van der Waals surface area contributed by atoms with Gasteiger partial charge in [-0.15, -0.1) is 0 Å². The van der Waals surface area contributed by atoms with Crippen molar-refractivity contribution in [3.63, 3.8) is 0 Å². The van der Waals surface area contributed by atoms with E-state index in [0.717, 1.165) is 18.8 Å². The van der Waals surface area contributed by atoms with E-state index in [-0.39, 0.29) is 0 Å². The molecule has 0 fully saturated rings. The second-order valence-corrected chi connectivity index (χ2v) is 3.33. The van der Waals surface area contributed by atoms with E-state index in [4.69, 9.17) is 11.6 Å². The van der Waals surface area contributed by atoms with Crippen molar-refractivity contribution in [3.05, 3.63) is 11.1 Å². The molecule has 0 bridgehead atoms. The lowest BCUT2D eigenvalue weighted by molar-refractivity contribution is 0.783. The molecule has 1 N–H and O–H groups in total. The van der Waals surface area contributed by atoms with Crippen molar-refractivity contribution < 1.29 is 0 Å². The molecule has 0 amide bonds. The summed E-state index contributed by atoms with van der Waals surface area (Å²) in [7, 11) is 0. The molecule has 0 aromatic heterocycles. The van der Waals surface area contributed by atoms with Crippen LogP contribution in [0.25, 0.3) is 0 Å². The van der Waals surface area contributed by atoms with Crippen molar-refractivity contribution in [2.24, 2.45) is 0 Å². The molecule has 0 unspecified atom stereocenters. The normalized spacial score (nSPS) is 12.1. The first-order chi connectivity index (χ1) is 4.81. The Morgan fingerprint density at radius 1 is 1.70 bits per heavy atom. The van der Waals surface area contributed by atoms with Gasteiger partial charge in [0.25, 0.3) is 0 Å². The van der Waals surface area contributed by atoms with Crippen LogP contribution >= 0.6 is 23.4 Å². The predicted molar refractivity (Wildman–Crippen MR) is 50.9 cm³/mol. The van der Waals surface area contributed by atoms with E-state index in [1.807, 2.05) is 18.7 Å². The summed E-state index contributed by atoms with van der Waals surface area (Å²) in [6.07, 6.45) is 2.10. The van der Waals surface area contributed by atoms with Crippen LogP contribution in [-0.4, -0.2) is 25.1 Å². The van der Waals surface area contributed by atoms with Crippen LogP contribution in [0.2, 0.25) is 0 Å². The van der Waals surface area contributed by atoms with Gasteiger partial charge >= 0.3 is 0 Å². The second-order valence-electron chi connectivity index (χ2n) is 2.13. The molecule has 0 rings (SSSR count). The molecule has 0 aliphatic carbocycles. The Kier molecular flexibility index (Phi) is 7.70. The minimum Gasteiger partial charge on any atom is -0.312 e. The van der Waals surface area contributed by atoms with Crippen LogP contribution in [-0.2, 0) is 0 Å². The van der Waals surface area contributed by atoms with E-state index in [2.05, 4.69) is 11.6 Å². The van der Waals surface area contributed by atoms with Crippen molar-refractivity contribution in [2.45, 2.75) is 6.92 Å². The van der Waals surface area contributed by atoms with Crippen molar-refractivity contribution in [1.82, 2.24) is 5.32 Å². The van der Waals surface area contributed by atoms with E-state index < -0.39 is 0 Å². The maximum atomic E-state index is 5.46. The minimum atomic E-state index is 0.907. The molecule has 0 aliphatic heterocycles. The minimum absolute atomic E-state index is 0.907. The zero-order chi connectivity index (χ0) is 7.82. The van der Waals surface area contributed by atoms with Gasteiger partial charge in [0.1, 0.15) is 0 Å². The molecule has 0 aromatic rings. The Balaban J connectivity index is 3.04. The zero-order valence-electron chi connectivity index (χ0n) is 6.48. The standard InChI is InChI=1S/C7H14ClNS/c1-7(5-8)6-9-3-4-10-2/h5,9H,3-4,6H2,1-2H3. The summed E-state index contributed by atoms with van der Waals surface area (Å²) >= 11 is 7.30. The summed E-state index contributed by atoms with van der Waals surface area (Å²) in [4.78, 5) is 0. The van der Waals surface area contributed by atoms with Crippen molar-refractivity contribution in [1.29, 1.82) is 0 Å². The number of halogens is 1. The van der Waals surface area contributed by atoms with Gasteiger partial charge < -0.3 is 5.32 Å². The van der Waals surface area contributed by atoms with Crippen LogP contribution in [0.3, 0.4) is 0 Å². The van der Waals surface area contributed by atoms with Crippen LogP contribution in [0.5, 0.6) is 0 Å². The highest BCUT2D eigenvalue weighted by atomic mass is 35.5. The topological polar surface area (TPSA) is 12.0 Å². The maximum absolute atomic E-state index is 5.46. The molecule has 1 nitrogen and oxygen atoms in total. The fraction of sp³-hybridized carbons (Fsp3) is 0.714. The summed E-state index contributed by atoms with van der Waals surface area (Å²) in [5.74, 6) is 1.16. The summed E-state index contributed by atoms with van der Waals surface area (Å²) < 4.78 is 0. The molecule has 0 spiro atoms. The third-order valence-electron chi connectivity index (χ3n) is 1.07. The van der Waals surface area contributed by atoms with Gasteiger partial charge in [0, 0.05) is 24.4 Å². The van der Waals surface area contributed by atoms with Crippen molar-refractivity contribution in [2.75, 3.05) is 25.1 Å². The van der Waals surface area contributed by atoms with Gasteiger partial charge in [0.2, 0.25) is 0 Å². The Hall–Kier alpha value is 0.340. The summed E-state index contributed by atoms with van der Waals surface area (Å²) in [5.41, 5.74) is 2.80. The highest BCUT2D eigenvalue weighted by Crippen LogP contribution is 1.92. The average Bonchev–Trinajstić information content (AvgIpc) is 1.98. The van der Waals surface area contributed by atoms with E-state index in [1.54, 1.807) is 5.54 Å². The number of thioether (sulfide) groups is 1. The number of rotatable bonds is 5. The number of hydrogen-bond acceptors (Lipinski definition) is 2. The van der Waals surface area contributed by atoms with Gasteiger partial charge in [0.15, 0.2) is 0 Å². The third kappa shape index (κ3) is 6.46. The lowest BCUT2D eigenvalue weighted by Gasteiger charge is -2.01. The average molecular weight is 180 g/mol. The molecule has 0 saturated heterocycles. The monoisotopic (exact) mass is 179 g/mol. The van der Waals surface area contributed by atoms with Crippen LogP contribution in [0.1, 0.15) is 6.92 Å². The second kappa shape index (κ2) is 7.45. The molecule has 0 radical (unpaired) electrons. The third-order valence-corrected chi connectivity index (χ3v) is 2.06. The Labute approximate surface area is 72.2 Å². The molecule has 0 saturated carbocycles. The molecule has 0 aliphatic rings. The molecule has 0 atom stereocenters. The van der Waals surface area contributed by atoms with Crippen LogP contribution < -0.4 is 5.32 Å². The number of nitrogens with one attached hydrogen (secondary N) is 1. The van der Waals surface area contributed by atoms with Gasteiger partial charge in [-0.05, 0) is 18.8 Å². The smallest absolute Gasteiger partial charge is 0.0173 e. The summed E-state index contributed by atoms with van der Waals surface area (Å²) in [6, 6.07) is 0. The molecule has 0 aromatic carbocycles.